The predicted molar refractivity (Wildman–Crippen MR) is 63.9 cm³/mol. The van der Waals surface area contributed by atoms with E-state index in [-0.39, 0.29) is 8.83 Å². The monoisotopic (exact) mass is 322 g/mol. The number of halogens is 2. The lowest BCUT2D eigenvalue weighted by molar-refractivity contribution is 0.214. The molecule has 3 fully saturated rings. The molecule has 0 radical (unpaired) electrons. The fourth-order valence-electron chi connectivity index (χ4n) is 3.38. The van der Waals surface area contributed by atoms with Crippen LogP contribution in [0, 0.1) is 17.3 Å². The Bertz CT molecular complexity index is 302. The first-order valence-electron chi connectivity index (χ1n) is 5.40. The predicted octanol–water partition coefficient (Wildman–Crippen LogP) is 3.70. The van der Waals surface area contributed by atoms with Crippen molar-refractivity contribution >= 4 is 31.9 Å². The third-order valence-electron chi connectivity index (χ3n) is 4.84. The van der Waals surface area contributed by atoms with Crippen LogP contribution in [0.3, 0.4) is 0 Å². The zero-order valence-electron chi connectivity index (χ0n) is 8.81. The fraction of sp³-hybridized carbons (Fsp3) is 1.00. The van der Waals surface area contributed by atoms with Crippen molar-refractivity contribution in [1.82, 2.24) is 0 Å². The second kappa shape index (κ2) is 2.43. The normalized spacial score (nSPS) is 57.9. The van der Waals surface area contributed by atoms with E-state index in [1.807, 2.05) is 0 Å². The smallest absolute Gasteiger partial charge is 0.0974 e. The van der Waals surface area contributed by atoms with Crippen LogP contribution in [-0.2, 0) is 4.74 Å². The Morgan fingerprint density at radius 3 is 2.50 bits per heavy atom. The second-order valence-corrected chi connectivity index (χ2v) is 9.28. The molecule has 80 valence electrons. The van der Waals surface area contributed by atoms with Gasteiger partial charge in [0.05, 0.1) is 14.9 Å². The Balaban J connectivity index is 1.87. The van der Waals surface area contributed by atoms with Crippen LogP contribution in [0.15, 0.2) is 0 Å². The Labute approximate surface area is 102 Å². The van der Waals surface area contributed by atoms with E-state index < -0.39 is 0 Å². The Hall–Kier alpha value is 0.920. The highest BCUT2D eigenvalue weighted by Crippen LogP contribution is 2.81. The number of hydrogen-bond acceptors (Lipinski definition) is 1. The highest BCUT2D eigenvalue weighted by atomic mass is 79.9. The van der Waals surface area contributed by atoms with Crippen molar-refractivity contribution in [3.8, 4) is 0 Å². The summed E-state index contributed by atoms with van der Waals surface area (Å²) >= 11 is 7.64. The fourth-order valence-corrected chi connectivity index (χ4v) is 5.36. The third kappa shape index (κ3) is 0.910. The van der Waals surface area contributed by atoms with Gasteiger partial charge in [0, 0.05) is 5.41 Å². The Morgan fingerprint density at radius 2 is 1.93 bits per heavy atom. The molecule has 14 heavy (non-hydrogen) atoms. The van der Waals surface area contributed by atoms with Crippen molar-refractivity contribution in [1.29, 1.82) is 0 Å². The van der Waals surface area contributed by atoms with Gasteiger partial charge in [-0.2, -0.15) is 0 Å². The summed E-state index contributed by atoms with van der Waals surface area (Å²) in [6, 6.07) is 0. The van der Waals surface area contributed by atoms with Crippen molar-refractivity contribution in [3.05, 3.63) is 0 Å². The number of hydrogen-bond donors (Lipinski definition) is 0. The molecule has 4 atom stereocenters. The van der Waals surface area contributed by atoms with Crippen LogP contribution in [0.5, 0.6) is 0 Å². The van der Waals surface area contributed by atoms with Gasteiger partial charge in [-0.3, -0.25) is 0 Å². The lowest BCUT2D eigenvalue weighted by Crippen LogP contribution is -2.29. The van der Waals surface area contributed by atoms with Crippen LogP contribution in [0.25, 0.3) is 0 Å². The van der Waals surface area contributed by atoms with Crippen molar-refractivity contribution in [2.75, 3.05) is 0 Å². The van der Waals surface area contributed by atoms with Gasteiger partial charge in [-0.25, -0.2) is 0 Å². The minimum Gasteiger partial charge on any atom is -0.366 e. The minimum absolute atomic E-state index is 0.200. The van der Waals surface area contributed by atoms with Crippen molar-refractivity contribution in [2.24, 2.45) is 17.3 Å². The van der Waals surface area contributed by atoms with Crippen molar-refractivity contribution in [3.63, 3.8) is 0 Å². The zero-order chi connectivity index (χ0) is 10.4. The maximum atomic E-state index is 5.94. The van der Waals surface area contributed by atoms with E-state index in [0.717, 1.165) is 5.92 Å². The number of fused-ring (bicyclic) bond motifs is 2. The highest BCUT2D eigenvalue weighted by molar-refractivity contribution is 9.25. The molecule has 2 saturated carbocycles. The summed E-state index contributed by atoms with van der Waals surface area (Å²) in [6.07, 6.45) is 2.97. The zero-order valence-corrected chi connectivity index (χ0v) is 12.0. The van der Waals surface area contributed by atoms with Crippen LogP contribution >= 0.6 is 31.9 Å². The van der Waals surface area contributed by atoms with Gasteiger partial charge in [-0.05, 0) is 24.7 Å². The molecule has 3 rings (SSSR count). The molecule has 1 nitrogen and oxygen atoms in total. The van der Waals surface area contributed by atoms with Crippen LogP contribution in [-0.4, -0.2) is 14.9 Å². The molecule has 3 aliphatic rings. The molecule has 0 aromatic rings. The molecule has 3 heteroatoms. The molecule has 2 aliphatic carbocycles. The van der Waals surface area contributed by atoms with Crippen molar-refractivity contribution < 1.29 is 4.74 Å². The Kier molecular flexibility index (Phi) is 1.75. The molecule has 1 aliphatic heterocycles. The standard InChI is InChI=1S/C11H16Br2O/c1-6(2)10-4-7-9(3,11(7,12)13)5-8(10)14-10/h6-8H,4-5H2,1-3H3/t7-,8+,9+,10+/m0/s1. The first-order chi connectivity index (χ1) is 6.34. The molecule has 0 unspecified atom stereocenters. The van der Waals surface area contributed by atoms with E-state index >= 15 is 0 Å². The molecule has 0 bridgehead atoms. The van der Waals surface area contributed by atoms with Gasteiger partial charge < -0.3 is 4.74 Å². The highest BCUT2D eigenvalue weighted by Gasteiger charge is 2.81. The molecule has 0 N–H and O–H groups in total. The van der Waals surface area contributed by atoms with E-state index in [4.69, 9.17) is 4.74 Å². The van der Waals surface area contributed by atoms with E-state index in [0.29, 0.717) is 17.4 Å². The largest absolute Gasteiger partial charge is 0.366 e. The molecular formula is C11H16Br2O. The summed E-state index contributed by atoms with van der Waals surface area (Å²) in [6.45, 7) is 6.94. The summed E-state index contributed by atoms with van der Waals surface area (Å²) in [7, 11) is 0. The summed E-state index contributed by atoms with van der Waals surface area (Å²) in [5.74, 6) is 1.41. The minimum atomic E-state index is 0.200. The average Bonchev–Trinajstić information content (AvgIpc) is 2.86. The van der Waals surface area contributed by atoms with Crippen LogP contribution in [0.4, 0.5) is 0 Å². The van der Waals surface area contributed by atoms with Gasteiger partial charge in [0.15, 0.2) is 0 Å². The second-order valence-electron chi connectivity index (χ2n) is 5.72. The van der Waals surface area contributed by atoms with Crippen LogP contribution in [0.1, 0.15) is 33.6 Å². The maximum Gasteiger partial charge on any atom is 0.0974 e. The topological polar surface area (TPSA) is 12.5 Å². The summed E-state index contributed by atoms with van der Waals surface area (Å²) in [5, 5.41) is 0. The molecule has 1 saturated heterocycles. The van der Waals surface area contributed by atoms with Gasteiger partial charge in [0.25, 0.3) is 0 Å². The summed E-state index contributed by atoms with van der Waals surface area (Å²) in [5.41, 5.74) is 0.653. The SMILES string of the molecule is CC(C)[C@]12C[C@@H]3C(Br)(Br)[C@]3(C)C[C@H]1O2. The molecule has 0 aromatic carbocycles. The first-order valence-corrected chi connectivity index (χ1v) is 6.99. The lowest BCUT2D eigenvalue weighted by atomic mass is 9.77. The molecule has 0 spiro atoms. The number of epoxide rings is 1. The van der Waals surface area contributed by atoms with E-state index in [1.54, 1.807) is 0 Å². The molecule has 0 amide bonds. The van der Waals surface area contributed by atoms with Crippen LogP contribution in [0.2, 0.25) is 0 Å². The van der Waals surface area contributed by atoms with Gasteiger partial charge >= 0.3 is 0 Å². The molecule has 1 heterocycles. The lowest BCUT2D eigenvalue weighted by Gasteiger charge is -2.23. The van der Waals surface area contributed by atoms with Crippen molar-refractivity contribution in [2.45, 2.75) is 48.6 Å². The third-order valence-corrected chi connectivity index (χ3v) is 7.76. The molecular weight excluding hydrogens is 308 g/mol. The van der Waals surface area contributed by atoms with Gasteiger partial charge in [-0.15, -0.1) is 0 Å². The number of ether oxygens (including phenoxy) is 1. The average molecular weight is 324 g/mol. The first kappa shape index (κ1) is 10.1. The van der Waals surface area contributed by atoms with E-state index in [2.05, 4.69) is 52.6 Å². The summed E-state index contributed by atoms with van der Waals surface area (Å²) in [4.78, 5) is 0. The maximum absolute atomic E-state index is 5.94. The Morgan fingerprint density at radius 1 is 1.29 bits per heavy atom. The summed E-state index contributed by atoms with van der Waals surface area (Å²) < 4.78 is 6.14. The van der Waals surface area contributed by atoms with Gasteiger partial charge in [0.1, 0.15) is 0 Å². The van der Waals surface area contributed by atoms with Gasteiger partial charge in [0.2, 0.25) is 0 Å². The van der Waals surface area contributed by atoms with Gasteiger partial charge in [-0.1, -0.05) is 52.6 Å². The molecule has 0 aromatic heterocycles. The van der Waals surface area contributed by atoms with E-state index in [1.165, 1.54) is 12.8 Å². The van der Waals surface area contributed by atoms with E-state index in [9.17, 15) is 0 Å². The number of alkyl halides is 2. The number of rotatable bonds is 1. The quantitative estimate of drug-likeness (QED) is 0.529. The van der Waals surface area contributed by atoms with Crippen LogP contribution < -0.4 is 0 Å².